The minimum absolute atomic E-state index is 0.337. The van der Waals surface area contributed by atoms with Crippen molar-refractivity contribution in [3.63, 3.8) is 0 Å². The van der Waals surface area contributed by atoms with Crippen LogP contribution in [0.5, 0.6) is 0 Å². The number of aliphatic carboxylic acids is 1. The predicted molar refractivity (Wildman–Crippen MR) is 53.1 cm³/mol. The summed E-state index contributed by atoms with van der Waals surface area (Å²) < 4.78 is 8.70. The molecule has 0 saturated carbocycles. The summed E-state index contributed by atoms with van der Waals surface area (Å²) in [5.74, 6) is -0.670. The zero-order valence-corrected chi connectivity index (χ0v) is 9.24. The predicted octanol–water partition coefficient (Wildman–Crippen LogP) is 2.06. The summed E-state index contributed by atoms with van der Waals surface area (Å²) in [7, 11) is -2.87. The molecule has 84 valence electrons. The third-order valence-corrected chi connectivity index (χ3v) is 1.49. The van der Waals surface area contributed by atoms with E-state index in [0.29, 0.717) is 6.42 Å². The molecule has 0 heterocycles. The molecule has 0 radical (unpaired) electrons. The molecule has 0 rings (SSSR count). The van der Waals surface area contributed by atoms with E-state index in [2.05, 4.69) is 6.92 Å². The van der Waals surface area contributed by atoms with Crippen LogP contribution in [0.4, 0.5) is 0 Å². The molecule has 0 aromatic carbocycles. The normalized spacial score (nSPS) is 8.79. The van der Waals surface area contributed by atoms with Gasteiger partial charge in [-0.2, -0.15) is 0 Å². The Hall–Kier alpha value is -0.510. The van der Waals surface area contributed by atoms with Gasteiger partial charge >= 0.3 is 14.2 Å². The molecule has 0 aromatic heterocycles. The standard InChI is InChI=1S/C8H16O2.HO3P/c1-2-3-4-5-6-7-8(9)10;1-4(2)3/h2-7H2,1H3,(H,9,10);(H-,1,2,3)/p+1. The Morgan fingerprint density at radius 2 is 1.57 bits per heavy atom. The molecule has 0 aromatic rings. The molecule has 3 N–H and O–H groups in total. The van der Waals surface area contributed by atoms with Crippen LogP contribution in [0, 0.1) is 0 Å². The molecule has 0 fully saturated rings. The van der Waals surface area contributed by atoms with Crippen LogP contribution in [0.25, 0.3) is 0 Å². The third-order valence-electron chi connectivity index (χ3n) is 1.49. The van der Waals surface area contributed by atoms with Crippen molar-refractivity contribution in [2.24, 2.45) is 0 Å². The first-order valence-electron chi connectivity index (χ1n) is 4.57. The van der Waals surface area contributed by atoms with Crippen LogP contribution in [0.1, 0.15) is 45.4 Å². The summed E-state index contributed by atoms with van der Waals surface area (Å²) in [6.07, 6.45) is 5.88. The third kappa shape index (κ3) is 30.0. The highest BCUT2D eigenvalue weighted by Crippen LogP contribution is 2.04. The molecule has 0 aliphatic rings. The van der Waals surface area contributed by atoms with E-state index in [1.165, 1.54) is 19.3 Å². The monoisotopic (exact) mass is 225 g/mol. The second kappa shape index (κ2) is 12.5. The zero-order chi connectivity index (χ0) is 11.4. The minimum atomic E-state index is -2.87. The number of hydrogen-bond donors (Lipinski definition) is 3. The van der Waals surface area contributed by atoms with E-state index in [-0.39, 0.29) is 0 Å². The second-order valence-electron chi connectivity index (χ2n) is 2.81. The van der Waals surface area contributed by atoms with Gasteiger partial charge in [-0.05, 0) is 6.42 Å². The number of hydrogen-bond acceptors (Lipinski definition) is 2. The van der Waals surface area contributed by atoms with Crippen LogP contribution in [-0.4, -0.2) is 20.9 Å². The van der Waals surface area contributed by atoms with Crippen molar-refractivity contribution in [2.45, 2.75) is 45.4 Å². The van der Waals surface area contributed by atoms with Crippen LogP contribution in [0.15, 0.2) is 0 Å². The molecular weight excluding hydrogens is 207 g/mol. The summed E-state index contributed by atoms with van der Waals surface area (Å²) in [4.78, 5) is 24.3. The Bertz CT molecular complexity index is 156. The summed E-state index contributed by atoms with van der Waals surface area (Å²) in [5, 5.41) is 8.27. The fourth-order valence-electron chi connectivity index (χ4n) is 0.880. The highest BCUT2D eigenvalue weighted by Gasteiger charge is 1.94. The number of carbonyl (C=O) groups is 1. The first-order chi connectivity index (χ1) is 6.50. The molecule has 0 spiro atoms. The summed E-state index contributed by atoms with van der Waals surface area (Å²) >= 11 is 0. The maximum Gasteiger partial charge on any atom is 0.692 e. The van der Waals surface area contributed by atoms with Crippen molar-refractivity contribution in [3.8, 4) is 0 Å². The molecule has 0 aliphatic heterocycles. The van der Waals surface area contributed by atoms with Gasteiger partial charge in [-0.15, -0.1) is 9.79 Å². The Labute approximate surface area is 84.7 Å². The highest BCUT2D eigenvalue weighted by molar-refractivity contribution is 7.30. The van der Waals surface area contributed by atoms with Crippen molar-refractivity contribution < 1.29 is 24.3 Å². The number of carboxylic acids is 1. The van der Waals surface area contributed by atoms with Gasteiger partial charge in [0.05, 0.1) is 0 Å². The average molecular weight is 225 g/mol. The molecule has 0 bridgehead atoms. The van der Waals surface area contributed by atoms with Gasteiger partial charge in [0.2, 0.25) is 0 Å². The lowest BCUT2D eigenvalue weighted by Crippen LogP contribution is -1.93. The van der Waals surface area contributed by atoms with E-state index in [4.69, 9.17) is 19.5 Å². The lowest BCUT2D eigenvalue weighted by Gasteiger charge is -1.95. The topological polar surface area (TPSA) is 94.8 Å². The van der Waals surface area contributed by atoms with E-state index in [0.717, 1.165) is 12.8 Å². The van der Waals surface area contributed by atoms with Crippen LogP contribution >= 0.6 is 8.25 Å². The average Bonchev–Trinajstić information content (AvgIpc) is 2.02. The number of carboxylic acid groups (broad SMARTS) is 1. The van der Waals surface area contributed by atoms with Gasteiger partial charge in [0.1, 0.15) is 0 Å². The molecule has 5 nitrogen and oxygen atoms in total. The molecule has 6 heteroatoms. The molecule has 0 atom stereocenters. The Balaban J connectivity index is 0. The van der Waals surface area contributed by atoms with E-state index < -0.39 is 14.2 Å². The fourth-order valence-corrected chi connectivity index (χ4v) is 0.880. The highest BCUT2D eigenvalue weighted by atomic mass is 31.1. The van der Waals surface area contributed by atoms with Gasteiger partial charge in [-0.1, -0.05) is 32.6 Å². The summed E-state index contributed by atoms with van der Waals surface area (Å²) in [5.41, 5.74) is 0. The van der Waals surface area contributed by atoms with Crippen molar-refractivity contribution in [3.05, 3.63) is 0 Å². The molecular formula is C8H18O5P+. The van der Waals surface area contributed by atoms with Crippen molar-refractivity contribution in [1.82, 2.24) is 0 Å². The number of rotatable bonds is 6. The van der Waals surface area contributed by atoms with Crippen molar-refractivity contribution >= 4 is 14.2 Å². The zero-order valence-electron chi connectivity index (χ0n) is 8.35. The van der Waals surface area contributed by atoms with E-state index in [1.54, 1.807) is 0 Å². The SMILES string of the molecule is CCCCCCCC(=O)O.O=[P+](O)O. The quantitative estimate of drug-likeness (QED) is 0.475. The summed E-state index contributed by atoms with van der Waals surface area (Å²) in [6.45, 7) is 2.15. The van der Waals surface area contributed by atoms with E-state index >= 15 is 0 Å². The Kier molecular flexibility index (Phi) is 14.2. The van der Waals surface area contributed by atoms with Crippen LogP contribution in [-0.2, 0) is 9.36 Å². The largest absolute Gasteiger partial charge is 0.692 e. The minimum Gasteiger partial charge on any atom is -0.481 e. The fraction of sp³-hybridized carbons (Fsp3) is 0.875. The van der Waals surface area contributed by atoms with Crippen molar-refractivity contribution in [2.75, 3.05) is 0 Å². The van der Waals surface area contributed by atoms with Gasteiger partial charge in [0.25, 0.3) is 0 Å². The maximum absolute atomic E-state index is 10.0. The lowest BCUT2D eigenvalue weighted by atomic mass is 10.1. The Morgan fingerprint density at radius 1 is 1.14 bits per heavy atom. The second-order valence-corrected chi connectivity index (χ2v) is 3.32. The van der Waals surface area contributed by atoms with Crippen LogP contribution in [0.3, 0.4) is 0 Å². The Morgan fingerprint density at radius 3 is 1.93 bits per heavy atom. The molecule has 0 saturated heterocycles. The molecule has 0 unspecified atom stereocenters. The van der Waals surface area contributed by atoms with Crippen LogP contribution < -0.4 is 0 Å². The number of unbranched alkanes of at least 4 members (excludes halogenated alkanes) is 4. The molecule has 0 amide bonds. The van der Waals surface area contributed by atoms with Gasteiger partial charge in [-0.25, -0.2) is 0 Å². The first-order valence-corrected chi connectivity index (χ1v) is 5.74. The van der Waals surface area contributed by atoms with Crippen LogP contribution in [0.2, 0.25) is 0 Å². The molecule has 14 heavy (non-hydrogen) atoms. The van der Waals surface area contributed by atoms with Gasteiger partial charge < -0.3 is 5.11 Å². The lowest BCUT2D eigenvalue weighted by molar-refractivity contribution is -0.137. The summed E-state index contributed by atoms with van der Waals surface area (Å²) in [6, 6.07) is 0. The van der Waals surface area contributed by atoms with Gasteiger partial charge in [-0.3, -0.25) is 4.79 Å². The van der Waals surface area contributed by atoms with E-state index in [9.17, 15) is 4.79 Å². The van der Waals surface area contributed by atoms with Crippen molar-refractivity contribution in [1.29, 1.82) is 0 Å². The van der Waals surface area contributed by atoms with Gasteiger partial charge in [0.15, 0.2) is 0 Å². The maximum atomic E-state index is 10.0. The van der Waals surface area contributed by atoms with Gasteiger partial charge in [0, 0.05) is 11.0 Å². The first kappa shape index (κ1) is 15.9. The molecule has 0 aliphatic carbocycles. The smallest absolute Gasteiger partial charge is 0.481 e. The van der Waals surface area contributed by atoms with E-state index in [1.807, 2.05) is 0 Å².